The molecule has 11 heavy (non-hydrogen) atoms. The van der Waals surface area contributed by atoms with Gasteiger partial charge in [0.05, 0.1) is 0 Å². The molecule has 0 aromatic rings. The Morgan fingerprint density at radius 3 is 1.73 bits per heavy atom. The van der Waals surface area contributed by atoms with Gasteiger partial charge in [-0.3, -0.25) is 0 Å². The van der Waals surface area contributed by atoms with Gasteiger partial charge in [0.2, 0.25) is 0 Å². The van der Waals surface area contributed by atoms with Crippen LogP contribution in [0.5, 0.6) is 0 Å². The summed E-state index contributed by atoms with van der Waals surface area (Å²) in [5.74, 6) is 2.16. The Labute approximate surface area is 68.7 Å². The first kappa shape index (κ1) is 6.28. The smallest absolute Gasteiger partial charge is 0.0197 e. The van der Waals surface area contributed by atoms with Gasteiger partial charge in [-0.15, -0.1) is 0 Å². The molecule has 0 aromatic carbocycles. The second kappa shape index (κ2) is 2.12. The van der Waals surface area contributed by atoms with Crippen molar-refractivity contribution in [2.24, 2.45) is 11.8 Å². The average molecular weight is 148 g/mol. The molecule has 3 fully saturated rings. The summed E-state index contributed by atoms with van der Waals surface area (Å²) in [7, 11) is 0. The third kappa shape index (κ3) is 1.04. The van der Waals surface area contributed by atoms with Crippen molar-refractivity contribution < 1.29 is 0 Å². The molecule has 0 heterocycles. The van der Waals surface area contributed by atoms with Crippen LogP contribution in [0.1, 0.15) is 44.9 Å². The normalized spacial score (nSPS) is 30.0. The molecule has 0 unspecified atom stereocenters. The zero-order chi connectivity index (χ0) is 7.26. The molecule has 0 radical (unpaired) electrons. The Morgan fingerprint density at radius 1 is 0.909 bits per heavy atom. The summed E-state index contributed by atoms with van der Waals surface area (Å²) >= 11 is 0. The molecule has 0 aliphatic heterocycles. The average Bonchev–Trinajstić information content (AvgIpc) is 2.74. The van der Waals surface area contributed by atoms with E-state index in [0.717, 1.165) is 11.8 Å². The molecule has 0 spiro atoms. The Balaban J connectivity index is 1.85. The van der Waals surface area contributed by atoms with Crippen molar-refractivity contribution in [1.82, 2.24) is 0 Å². The lowest BCUT2D eigenvalue weighted by Crippen LogP contribution is -2.04. The van der Waals surface area contributed by atoms with Crippen molar-refractivity contribution in [3.63, 3.8) is 0 Å². The van der Waals surface area contributed by atoms with Crippen molar-refractivity contribution >= 4 is 0 Å². The van der Waals surface area contributed by atoms with Gasteiger partial charge >= 0.3 is 0 Å². The molecule has 0 aromatic heterocycles. The fraction of sp³-hybridized carbons (Fsp3) is 0.818. The molecule has 3 saturated carbocycles. The first-order valence-corrected chi connectivity index (χ1v) is 5.17. The quantitative estimate of drug-likeness (QED) is 0.527. The summed E-state index contributed by atoms with van der Waals surface area (Å²) in [5, 5.41) is 0. The van der Waals surface area contributed by atoms with Gasteiger partial charge in [-0.2, -0.15) is 0 Å². The van der Waals surface area contributed by atoms with E-state index in [1.807, 2.05) is 11.1 Å². The summed E-state index contributed by atoms with van der Waals surface area (Å²) < 4.78 is 0. The Morgan fingerprint density at radius 2 is 1.45 bits per heavy atom. The second-order valence-corrected chi connectivity index (χ2v) is 4.46. The van der Waals surface area contributed by atoms with Crippen LogP contribution < -0.4 is 0 Å². The zero-order valence-corrected chi connectivity index (χ0v) is 7.10. The fourth-order valence-corrected chi connectivity index (χ4v) is 2.34. The first-order chi connectivity index (χ1) is 5.45. The Bertz CT molecular complexity index is 184. The lowest BCUT2D eigenvalue weighted by atomic mass is 9.84. The van der Waals surface area contributed by atoms with E-state index in [4.69, 9.17) is 0 Å². The molecule has 0 bridgehead atoms. The lowest BCUT2D eigenvalue weighted by Gasteiger charge is -2.22. The molecule has 0 nitrogen and oxygen atoms in total. The minimum absolute atomic E-state index is 1.08. The van der Waals surface area contributed by atoms with E-state index in [1.165, 1.54) is 44.9 Å². The van der Waals surface area contributed by atoms with Gasteiger partial charge in [0.15, 0.2) is 0 Å². The monoisotopic (exact) mass is 148 g/mol. The van der Waals surface area contributed by atoms with Crippen LogP contribution >= 0.6 is 0 Å². The molecule has 3 rings (SSSR count). The largest absolute Gasteiger partial charge is 0.0704 e. The van der Waals surface area contributed by atoms with Crippen molar-refractivity contribution in [2.45, 2.75) is 44.9 Å². The minimum atomic E-state index is 1.08. The molecule has 0 saturated heterocycles. The number of hydrogen-bond donors (Lipinski definition) is 0. The molecule has 0 amide bonds. The molecule has 0 heteroatoms. The van der Waals surface area contributed by atoms with Gasteiger partial charge in [-0.25, -0.2) is 0 Å². The molecular weight excluding hydrogens is 132 g/mol. The maximum absolute atomic E-state index is 1.95. The SMILES string of the molecule is C1CC(=C(C2CC2)C2CC2)C1. The highest BCUT2D eigenvalue weighted by atomic mass is 14.4. The summed E-state index contributed by atoms with van der Waals surface area (Å²) in [5.41, 5.74) is 3.84. The standard InChI is InChI=1S/C11H16/c1-2-8(3-1)11(9-4-5-9)10-6-7-10/h9-10H,1-7H2. The summed E-state index contributed by atoms with van der Waals surface area (Å²) in [6.45, 7) is 0. The summed E-state index contributed by atoms with van der Waals surface area (Å²) in [6, 6.07) is 0. The van der Waals surface area contributed by atoms with Crippen molar-refractivity contribution in [3.8, 4) is 0 Å². The maximum atomic E-state index is 1.95. The highest BCUT2D eigenvalue weighted by Gasteiger charge is 2.38. The molecule has 3 aliphatic carbocycles. The highest BCUT2D eigenvalue weighted by Crippen LogP contribution is 2.52. The molecule has 0 atom stereocenters. The molecular formula is C11H16. The summed E-state index contributed by atoms with van der Waals surface area (Å²) in [6.07, 6.45) is 10.5. The third-order valence-corrected chi connectivity index (χ3v) is 3.40. The van der Waals surface area contributed by atoms with Gasteiger partial charge in [0, 0.05) is 0 Å². The maximum Gasteiger partial charge on any atom is -0.0197 e. The first-order valence-electron chi connectivity index (χ1n) is 5.17. The van der Waals surface area contributed by atoms with Crippen LogP contribution in [0, 0.1) is 11.8 Å². The van der Waals surface area contributed by atoms with Crippen LogP contribution in [-0.4, -0.2) is 0 Å². The molecule has 3 aliphatic rings. The van der Waals surface area contributed by atoms with Crippen molar-refractivity contribution in [1.29, 1.82) is 0 Å². The number of rotatable bonds is 2. The number of hydrogen-bond acceptors (Lipinski definition) is 0. The topological polar surface area (TPSA) is 0 Å². The second-order valence-electron chi connectivity index (χ2n) is 4.46. The van der Waals surface area contributed by atoms with Gasteiger partial charge < -0.3 is 0 Å². The van der Waals surface area contributed by atoms with E-state index in [-0.39, 0.29) is 0 Å². The van der Waals surface area contributed by atoms with Crippen LogP contribution in [0.25, 0.3) is 0 Å². The van der Waals surface area contributed by atoms with Crippen molar-refractivity contribution in [3.05, 3.63) is 11.1 Å². The zero-order valence-electron chi connectivity index (χ0n) is 7.10. The fourth-order valence-electron chi connectivity index (χ4n) is 2.34. The van der Waals surface area contributed by atoms with E-state index in [1.54, 1.807) is 0 Å². The highest BCUT2D eigenvalue weighted by molar-refractivity contribution is 5.29. The summed E-state index contributed by atoms with van der Waals surface area (Å²) in [4.78, 5) is 0. The van der Waals surface area contributed by atoms with E-state index in [2.05, 4.69) is 0 Å². The molecule has 0 N–H and O–H groups in total. The lowest BCUT2D eigenvalue weighted by molar-refractivity contribution is 0.622. The van der Waals surface area contributed by atoms with Gasteiger partial charge in [-0.1, -0.05) is 11.1 Å². The van der Waals surface area contributed by atoms with E-state index < -0.39 is 0 Å². The van der Waals surface area contributed by atoms with Crippen LogP contribution in [0.3, 0.4) is 0 Å². The van der Waals surface area contributed by atoms with Crippen LogP contribution in [0.15, 0.2) is 11.1 Å². The molecule has 60 valence electrons. The minimum Gasteiger partial charge on any atom is -0.0704 e. The Kier molecular flexibility index (Phi) is 1.21. The predicted molar refractivity (Wildman–Crippen MR) is 46.3 cm³/mol. The van der Waals surface area contributed by atoms with E-state index >= 15 is 0 Å². The van der Waals surface area contributed by atoms with E-state index in [0.29, 0.717) is 0 Å². The number of allylic oxidation sites excluding steroid dienone is 2. The van der Waals surface area contributed by atoms with Crippen LogP contribution in [-0.2, 0) is 0 Å². The van der Waals surface area contributed by atoms with Crippen LogP contribution in [0.2, 0.25) is 0 Å². The third-order valence-electron chi connectivity index (χ3n) is 3.40. The van der Waals surface area contributed by atoms with Gasteiger partial charge in [-0.05, 0) is 56.8 Å². The van der Waals surface area contributed by atoms with Crippen molar-refractivity contribution in [2.75, 3.05) is 0 Å². The van der Waals surface area contributed by atoms with Gasteiger partial charge in [0.25, 0.3) is 0 Å². The van der Waals surface area contributed by atoms with E-state index in [9.17, 15) is 0 Å². The van der Waals surface area contributed by atoms with Gasteiger partial charge in [0.1, 0.15) is 0 Å². The Hall–Kier alpha value is -0.260. The van der Waals surface area contributed by atoms with Crippen LogP contribution in [0.4, 0.5) is 0 Å². The predicted octanol–water partition coefficient (Wildman–Crippen LogP) is 3.29.